The fraction of sp³-hybridized carbons (Fsp3) is 0.615. The van der Waals surface area contributed by atoms with Gasteiger partial charge in [0.15, 0.2) is 5.96 Å². The largest absolute Gasteiger partial charge is 0.467 e. The number of aliphatic imine (C=N–C) groups is 1. The lowest BCUT2D eigenvalue weighted by molar-refractivity contribution is 0.387. The van der Waals surface area contributed by atoms with Crippen molar-refractivity contribution in [2.45, 2.75) is 25.4 Å². The van der Waals surface area contributed by atoms with Gasteiger partial charge in [0.05, 0.1) is 19.1 Å². The van der Waals surface area contributed by atoms with Crippen LogP contribution in [0.5, 0.6) is 0 Å². The maximum Gasteiger partial charge on any atom is 0.211 e. The molecule has 2 rings (SSSR count). The van der Waals surface area contributed by atoms with Crippen LogP contribution in [0.3, 0.4) is 0 Å². The minimum atomic E-state index is -3.14. The number of sulfonamides is 1. The standard InChI is InChI=1S/C13H22N4O3S.HI/c1-14-13(16-10-12-6-4-8-20-12)15-9-11-5-3-7-17(11)21(2,18)19;/h4,6,8,11H,3,5,7,9-10H2,1-2H3,(H2,14,15,16);1H/t11-;/m1./s1. The Bertz CT molecular complexity index is 574. The van der Waals surface area contributed by atoms with Crippen molar-refractivity contribution in [2.24, 2.45) is 4.99 Å². The molecule has 0 saturated carbocycles. The zero-order chi connectivity index (χ0) is 15.3. The van der Waals surface area contributed by atoms with Crippen molar-refractivity contribution in [3.63, 3.8) is 0 Å². The summed E-state index contributed by atoms with van der Waals surface area (Å²) in [4.78, 5) is 4.12. The average molecular weight is 442 g/mol. The topological polar surface area (TPSA) is 86.9 Å². The van der Waals surface area contributed by atoms with Gasteiger partial charge < -0.3 is 15.1 Å². The zero-order valence-electron chi connectivity index (χ0n) is 12.8. The molecule has 9 heteroatoms. The molecule has 1 atom stereocenters. The molecule has 1 aliphatic rings. The van der Waals surface area contributed by atoms with Gasteiger partial charge >= 0.3 is 0 Å². The van der Waals surface area contributed by atoms with Gasteiger partial charge in [-0.05, 0) is 25.0 Å². The number of rotatable bonds is 5. The summed E-state index contributed by atoms with van der Waals surface area (Å²) in [5.74, 6) is 1.45. The Hall–Kier alpha value is -0.810. The van der Waals surface area contributed by atoms with Gasteiger partial charge in [0.25, 0.3) is 0 Å². The van der Waals surface area contributed by atoms with Gasteiger partial charge in [-0.2, -0.15) is 4.31 Å². The molecule has 1 aliphatic heterocycles. The van der Waals surface area contributed by atoms with E-state index in [0.717, 1.165) is 18.6 Å². The Kier molecular flexibility index (Phi) is 7.63. The second-order valence-corrected chi connectivity index (χ2v) is 6.99. The van der Waals surface area contributed by atoms with Crippen LogP contribution in [0.2, 0.25) is 0 Å². The molecule has 0 spiro atoms. The SMILES string of the molecule is CN=C(NCc1ccco1)NC[C@H]1CCCN1S(C)(=O)=O.I. The van der Waals surface area contributed by atoms with Crippen LogP contribution in [0.15, 0.2) is 27.8 Å². The van der Waals surface area contributed by atoms with E-state index in [0.29, 0.717) is 25.6 Å². The molecule has 0 unspecified atom stereocenters. The molecule has 1 aromatic heterocycles. The highest BCUT2D eigenvalue weighted by Crippen LogP contribution is 2.19. The van der Waals surface area contributed by atoms with E-state index in [2.05, 4.69) is 15.6 Å². The normalized spacial score (nSPS) is 19.7. The maximum absolute atomic E-state index is 11.7. The summed E-state index contributed by atoms with van der Waals surface area (Å²) in [5.41, 5.74) is 0. The Morgan fingerprint density at radius 3 is 2.86 bits per heavy atom. The number of halogens is 1. The van der Waals surface area contributed by atoms with Crippen molar-refractivity contribution in [1.29, 1.82) is 0 Å². The van der Waals surface area contributed by atoms with Crippen LogP contribution in [0.1, 0.15) is 18.6 Å². The molecule has 1 fully saturated rings. The minimum Gasteiger partial charge on any atom is -0.467 e. The van der Waals surface area contributed by atoms with Gasteiger partial charge in [0, 0.05) is 26.2 Å². The van der Waals surface area contributed by atoms with Crippen LogP contribution in [-0.4, -0.2) is 51.1 Å². The number of hydrogen-bond acceptors (Lipinski definition) is 4. The Balaban J connectivity index is 0.00000242. The number of guanidine groups is 1. The van der Waals surface area contributed by atoms with E-state index in [1.54, 1.807) is 17.6 Å². The summed E-state index contributed by atoms with van der Waals surface area (Å²) >= 11 is 0. The number of nitrogens with one attached hydrogen (secondary N) is 2. The van der Waals surface area contributed by atoms with Crippen LogP contribution in [0.4, 0.5) is 0 Å². The number of nitrogens with zero attached hydrogens (tertiary/aromatic N) is 2. The third-order valence-electron chi connectivity index (χ3n) is 3.49. The first-order valence-electron chi connectivity index (χ1n) is 6.94. The van der Waals surface area contributed by atoms with E-state index < -0.39 is 10.0 Å². The van der Waals surface area contributed by atoms with Crippen LogP contribution < -0.4 is 10.6 Å². The fourth-order valence-corrected chi connectivity index (χ4v) is 3.65. The molecule has 1 saturated heterocycles. The lowest BCUT2D eigenvalue weighted by Gasteiger charge is -2.23. The highest BCUT2D eigenvalue weighted by molar-refractivity contribution is 14.0. The van der Waals surface area contributed by atoms with Crippen molar-refractivity contribution in [3.05, 3.63) is 24.2 Å². The number of hydrogen-bond donors (Lipinski definition) is 2. The molecule has 2 heterocycles. The molecule has 1 aromatic rings. The van der Waals surface area contributed by atoms with E-state index in [1.807, 2.05) is 12.1 Å². The molecule has 0 radical (unpaired) electrons. The summed E-state index contributed by atoms with van der Waals surface area (Å²) in [6.07, 6.45) is 4.65. The summed E-state index contributed by atoms with van der Waals surface area (Å²) in [6.45, 7) is 1.68. The second kappa shape index (κ2) is 8.73. The first kappa shape index (κ1) is 19.2. The summed E-state index contributed by atoms with van der Waals surface area (Å²) in [7, 11) is -1.46. The predicted molar refractivity (Wildman–Crippen MR) is 96.9 cm³/mol. The molecule has 126 valence electrons. The van der Waals surface area contributed by atoms with E-state index in [4.69, 9.17) is 4.42 Å². The third kappa shape index (κ3) is 5.43. The molecular formula is C13H23IN4O3S. The summed E-state index contributed by atoms with van der Waals surface area (Å²) in [6, 6.07) is 3.69. The van der Waals surface area contributed by atoms with Crippen LogP contribution >= 0.6 is 24.0 Å². The average Bonchev–Trinajstić information content (AvgIpc) is 3.09. The third-order valence-corrected chi connectivity index (χ3v) is 4.82. The van der Waals surface area contributed by atoms with Crippen LogP contribution in [0.25, 0.3) is 0 Å². The lowest BCUT2D eigenvalue weighted by Crippen LogP contribution is -2.46. The molecule has 0 amide bonds. The van der Waals surface area contributed by atoms with Gasteiger partial charge in [-0.1, -0.05) is 0 Å². The predicted octanol–water partition coefficient (Wildman–Crippen LogP) is 0.987. The molecule has 7 nitrogen and oxygen atoms in total. The Labute approximate surface area is 148 Å². The van der Waals surface area contributed by atoms with E-state index >= 15 is 0 Å². The van der Waals surface area contributed by atoms with Crippen molar-refractivity contribution in [1.82, 2.24) is 14.9 Å². The van der Waals surface area contributed by atoms with Gasteiger partial charge in [0.2, 0.25) is 10.0 Å². The van der Waals surface area contributed by atoms with Crippen molar-refractivity contribution >= 4 is 40.0 Å². The fourth-order valence-electron chi connectivity index (χ4n) is 2.47. The number of furan rings is 1. The molecule has 0 aliphatic carbocycles. The first-order valence-corrected chi connectivity index (χ1v) is 8.79. The smallest absolute Gasteiger partial charge is 0.211 e. The van der Waals surface area contributed by atoms with E-state index in [1.165, 1.54) is 6.26 Å². The minimum absolute atomic E-state index is 0. The van der Waals surface area contributed by atoms with Gasteiger partial charge in [0.1, 0.15) is 5.76 Å². The first-order chi connectivity index (χ1) is 10.0. The quantitative estimate of drug-likeness (QED) is 0.404. The molecule has 0 aromatic carbocycles. The maximum atomic E-state index is 11.7. The molecule has 22 heavy (non-hydrogen) atoms. The summed E-state index contributed by atoms with van der Waals surface area (Å²) < 4.78 is 30.1. The van der Waals surface area contributed by atoms with Gasteiger partial charge in [-0.25, -0.2) is 8.42 Å². The van der Waals surface area contributed by atoms with Crippen LogP contribution in [-0.2, 0) is 16.6 Å². The Morgan fingerprint density at radius 1 is 1.50 bits per heavy atom. The second-order valence-electron chi connectivity index (χ2n) is 5.06. The molecular weight excluding hydrogens is 419 g/mol. The highest BCUT2D eigenvalue weighted by atomic mass is 127. The zero-order valence-corrected chi connectivity index (χ0v) is 15.9. The lowest BCUT2D eigenvalue weighted by atomic mass is 10.2. The van der Waals surface area contributed by atoms with E-state index in [-0.39, 0.29) is 30.0 Å². The monoisotopic (exact) mass is 442 g/mol. The van der Waals surface area contributed by atoms with Gasteiger partial charge in [-0.15, -0.1) is 24.0 Å². The Morgan fingerprint density at radius 2 is 2.27 bits per heavy atom. The highest BCUT2D eigenvalue weighted by Gasteiger charge is 2.31. The van der Waals surface area contributed by atoms with E-state index in [9.17, 15) is 8.42 Å². The summed E-state index contributed by atoms with van der Waals surface area (Å²) in [5, 5.41) is 6.29. The van der Waals surface area contributed by atoms with Crippen LogP contribution in [0, 0.1) is 0 Å². The molecule has 2 N–H and O–H groups in total. The van der Waals surface area contributed by atoms with Crippen molar-refractivity contribution in [2.75, 3.05) is 26.4 Å². The molecule has 0 bridgehead atoms. The van der Waals surface area contributed by atoms with Crippen molar-refractivity contribution in [3.8, 4) is 0 Å². The van der Waals surface area contributed by atoms with Crippen molar-refractivity contribution < 1.29 is 12.8 Å². The van der Waals surface area contributed by atoms with Gasteiger partial charge in [-0.3, -0.25) is 4.99 Å².